The largest absolute Gasteiger partial charge is 0.508 e. The summed E-state index contributed by atoms with van der Waals surface area (Å²) in [6.45, 7) is 1.44. The predicted octanol–water partition coefficient (Wildman–Crippen LogP) is 3.69. The lowest BCUT2D eigenvalue weighted by Crippen LogP contribution is -2.03. The Bertz CT molecular complexity index is 803. The number of nitrogens with zero attached hydrogens (tertiary/aromatic N) is 2. The van der Waals surface area contributed by atoms with Crippen molar-refractivity contribution in [3.63, 3.8) is 0 Å². The van der Waals surface area contributed by atoms with Crippen molar-refractivity contribution in [1.29, 1.82) is 0 Å². The number of carbonyl (C=O) groups excluding carboxylic acids is 1. The van der Waals surface area contributed by atoms with Gasteiger partial charge in [0.2, 0.25) is 0 Å². The first-order chi connectivity index (χ1) is 12.2. The molecule has 25 heavy (non-hydrogen) atoms. The molecule has 1 aromatic heterocycles. The monoisotopic (exact) mass is 335 g/mol. The number of anilines is 1. The van der Waals surface area contributed by atoms with E-state index in [0.29, 0.717) is 0 Å². The van der Waals surface area contributed by atoms with Crippen LogP contribution in [0, 0.1) is 0 Å². The van der Waals surface area contributed by atoms with Crippen molar-refractivity contribution in [2.75, 3.05) is 12.4 Å². The second kappa shape index (κ2) is 9.17. The van der Waals surface area contributed by atoms with Crippen LogP contribution in [-0.4, -0.2) is 28.4 Å². The summed E-state index contributed by atoms with van der Waals surface area (Å²) in [7, 11) is 1.85. The van der Waals surface area contributed by atoms with Gasteiger partial charge in [0.25, 0.3) is 0 Å². The summed E-state index contributed by atoms with van der Waals surface area (Å²) in [5.74, 6) is 1.03. The van der Waals surface area contributed by atoms with Gasteiger partial charge in [-0.1, -0.05) is 30.3 Å². The van der Waals surface area contributed by atoms with Gasteiger partial charge in [-0.3, -0.25) is 0 Å². The van der Waals surface area contributed by atoms with E-state index in [1.54, 1.807) is 18.3 Å². The number of aromatic hydroxyl groups is 1. The van der Waals surface area contributed by atoms with E-state index < -0.39 is 0 Å². The molecule has 0 atom stereocenters. The minimum Gasteiger partial charge on any atom is -0.508 e. The fourth-order valence-corrected chi connectivity index (χ4v) is 2.32. The van der Waals surface area contributed by atoms with Crippen LogP contribution in [0.4, 0.5) is 5.82 Å². The number of aromatic nitrogens is 2. The van der Waals surface area contributed by atoms with Gasteiger partial charge >= 0.3 is 0 Å². The molecule has 0 spiro atoms. The normalized spacial score (nSPS) is 9.68. The summed E-state index contributed by atoms with van der Waals surface area (Å²) >= 11 is 0. The lowest BCUT2D eigenvalue weighted by molar-refractivity contribution is -0.106. The van der Waals surface area contributed by atoms with Crippen molar-refractivity contribution in [1.82, 2.24) is 9.97 Å². The summed E-state index contributed by atoms with van der Waals surface area (Å²) in [5.41, 5.74) is 3.82. The quantitative estimate of drug-likeness (QED) is 0.711. The molecule has 0 radical (unpaired) electrons. The maximum absolute atomic E-state index is 9.39. The molecule has 5 nitrogen and oxygen atoms in total. The molecule has 0 saturated heterocycles. The molecule has 0 fully saturated rings. The molecule has 0 saturated carbocycles. The molecule has 128 valence electrons. The van der Waals surface area contributed by atoms with Gasteiger partial charge < -0.3 is 15.2 Å². The van der Waals surface area contributed by atoms with Crippen molar-refractivity contribution in [2.24, 2.45) is 0 Å². The third-order valence-corrected chi connectivity index (χ3v) is 3.46. The van der Waals surface area contributed by atoms with E-state index in [9.17, 15) is 5.11 Å². The van der Waals surface area contributed by atoms with E-state index in [2.05, 4.69) is 22.4 Å². The Morgan fingerprint density at radius 1 is 1.08 bits per heavy atom. The van der Waals surface area contributed by atoms with E-state index >= 15 is 0 Å². The highest BCUT2D eigenvalue weighted by Gasteiger charge is 2.09. The summed E-state index contributed by atoms with van der Waals surface area (Å²) in [6.07, 6.45) is 3.21. The van der Waals surface area contributed by atoms with Crippen LogP contribution in [0.15, 0.2) is 60.8 Å². The van der Waals surface area contributed by atoms with Crippen molar-refractivity contribution >= 4 is 12.1 Å². The van der Waals surface area contributed by atoms with Crippen molar-refractivity contribution in [2.45, 2.75) is 13.3 Å². The van der Waals surface area contributed by atoms with E-state index in [4.69, 9.17) is 9.78 Å². The van der Waals surface area contributed by atoms with Crippen LogP contribution in [0.25, 0.3) is 11.3 Å². The maximum atomic E-state index is 9.39. The SMILES string of the molecule is CC=O.CNc1ncc(-c2ccc(O)cc2)nc1Cc1ccccc1. The number of hydrogen-bond acceptors (Lipinski definition) is 5. The molecule has 0 amide bonds. The fraction of sp³-hybridized carbons (Fsp3) is 0.150. The van der Waals surface area contributed by atoms with Crippen LogP contribution in [0.5, 0.6) is 5.75 Å². The molecule has 3 rings (SSSR count). The second-order valence-electron chi connectivity index (χ2n) is 5.25. The number of benzene rings is 2. The number of phenolic OH excluding ortho intramolecular Hbond substituents is 1. The zero-order valence-corrected chi connectivity index (χ0v) is 14.3. The molecule has 0 unspecified atom stereocenters. The summed E-state index contributed by atoms with van der Waals surface area (Å²) in [6, 6.07) is 17.2. The highest BCUT2D eigenvalue weighted by atomic mass is 16.3. The lowest BCUT2D eigenvalue weighted by atomic mass is 10.1. The van der Waals surface area contributed by atoms with Gasteiger partial charge in [0, 0.05) is 19.0 Å². The third kappa shape index (κ3) is 5.14. The van der Waals surface area contributed by atoms with Gasteiger partial charge in [-0.15, -0.1) is 0 Å². The van der Waals surface area contributed by atoms with Crippen LogP contribution < -0.4 is 5.32 Å². The van der Waals surface area contributed by atoms with Crippen LogP contribution in [0.1, 0.15) is 18.2 Å². The average Bonchev–Trinajstić information content (AvgIpc) is 2.64. The van der Waals surface area contributed by atoms with Crippen LogP contribution in [0.3, 0.4) is 0 Å². The maximum Gasteiger partial charge on any atom is 0.147 e. The number of aldehydes is 1. The molecule has 3 aromatic rings. The molecular formula is C20H21N3O2. The number of hydrogen-bond donors (Lipinski definition) is 2. The van der Waals surface area contributed by atoms with Crippen LogP contribution in [0.2, 0.25) is 0 Å². The first-order valence-electron chi connectivity index (χ1n) is 7.94. The predicted molar refractivity (Wildman–Crippen MR) is 99.7 cm³/mol. The molecular weight excluding hydrogens is 314 g/mol. The molecule has 2 aromatic carbocycles. The van der Waals surface area contributed by atoms with Crippen molar-refractivity contribution < 1.29 is 9.90 Å². The highest BCUT2D eigenvalue weighted by molar-refractivity contribution is 5.61. The van der Waals surface area contributed by atoms with E-state index in [1.165, 1.54) is 12.5 Å². The topological polar surface area (TPSA) is 75.1 Å². The molecule has 5 heteroatoms. The number of phenols is 1. The Balaban J connectivity index is 0.000000701. The van der Waals surface area contributed by atoms with E-state index in [1.807, 2.05) is 37.4 Å². The summed E-state index contributed by atoms with van der Waals surface area (Å²) in [5, 5.41) is 12.5. The van der Waals surface area contributed by atoms with E-state index in [-0.39, 0.29) is 5.75 Å². The van der Waals surface area contributed by atoms with Gasteiger partial charge in [0.05, 0.1) is 17.6 Å². The van der Waals surface area contributed by atoms with Crippen molar-refractivity contribution in [3.8, 4) is 17.0 Å². The standard InChI is InChI=1S/C18H17N3O.C2H4O/c1-19-18-16(11-13-5-3-2-4-6-13)21-17(12-20-18)14-7-9-15(22)10-8-14;1-2-3/h2-10,12,22H,11H2,1H3,(H,19,20);2H,1H3. The first-order valence-corrected chi connectivity index (χ1v) is 7.94. The zero-order valence-electron chi connectivity index (χ0n) is 14.3. The Labute approximate surface area is 147 Å². The Kier molecular flexibility index (Phi) is 6.65. The van der Waals surface area contributed by atoms with E-state index in [0.717, 1.165) is 35.5 Å². The molecule has 0 bridgehead atoms. The van der Waals surface area contributed by atoms with Crippen molar-refractivity contribution in [3.05, 3.63) is 72.1 Å². The molecule has 1 heterocycles. The molecule has 2 N–H and O–H groups in total. The van der Waals surface area contributed by atoms with Gasteiger partial charge in [-0.25, -0.2) is 9.97 Å². The zero-order chi connectivity index (χ0) is 18.1. The third-order valence-electron chi connectivity index (χ3n) is 3.46. The number of carbonyl (C=O) groups is 1. The Hall–Kier alpha value is -3.21. The Morgan fingerprint density at radius 2 is 1.72 bits per heavy atom. The Morgan fingerprint density at radius 3 is 2.32 bits per heavy atom. The fourth-order valence-electron chi connectivity index (χ4n) is 2.32. The van der Waals surface area contributed by atoms with Crippen LogP contribution in [-0.2, 0) is 11.2 Å². The minimum atomic E-state index is 0.244. The second-order valence-corrected chi connectivity index (χ2v) is 5.25. The number of nitrogens with one attached hydrogen (secondary N) is 1. The summed E-state index contributed by atoms with van der Waals surface area (Å²) in [4.78, 5) is 18.0. The van der Waals surface area contributed by atoms with Gasteiger partial charge in [-0.05, 0) is 36.8 Å². The van der Waals surface area contributed by atoms with Gasteiger partial charge in [-0.2, -0.15) is 0 Å². The molecule has 0 aliphatic rings. The van der Waals surface area contributed by atoms with Crippen LogP contribution >= 0.6 is 0 Å². The first kappa shape index (κ1) is 18.1. The lowest BCUT2D eigenvalue weighted by Gasteiger charge is -2.10. The minimum absolute atomic E-state index is 0.244. The van der Waals surface area contributed by atoms with Gasteiger partial charge in [0.15, 0.2) is 0 Å². The number of rotatable bonds is 4. The highest BCUT2D eigenvalue weighted by Crippen LogP contribution is 2.23. The summed E-state index contributed by atoms with van der Waals surface area (Å²) < 4.78 is 0. The smallest absolute Gasteiger partial charge is 0.147 e. The molecule has 0 aliphatic carbocycles. The average molecular weight is 335 g/mol. The van der Waals surface area contributed by atoms with Gasteiger partial charge in [0.1, 0.15) is 17.9 Å². The molecule has 0 aliphatic heterocycles.